The zero-order valence-electron chi connectivity index (χ0n) is 9.90. The van der Waals surface area contributed by atoms with E-state index in [0.29, 0.717) is 11.6 Å². The standard InChI is InChI=1S/C15H14BrClO/c16-11-13-7-4-8-14(17)15(13)18-10-9-12-5-2-1-3-6-12/h1-8H,9-11H2. The molecule has 0 aromatic heterocycles. The highest BCUT2D eigenvalue weighted by Crippen LogP contribution is 2.30. The number of halogens is 2. The summed E-state index contributed by atoms with van der Waals surface area (Å²) in [6.45, 7) is 0.633. The first kappa shape index (κ1) is 13.4. The molecule has 0 heterocycles. The zero-order valence-corrected chi connectivity index (χ0v) is 12.2. The van der Waals surface area contributed by atoms with Gasteiger partial charge in [0.15, 0.2) is 0 Å². The van der Waals surface area contributed by atoms with Crippen molar-refractivity contribution in [2.24, 2.45) is 0 Å². The van der Waals surface area contributed by atoms with Crippen molar-refractivity contribution in [1.29, 1.82) is 0 Å². The van der Waals surface area contributed by atoms with Crippen molar-refractivity contribution in [2.75, 3.05) is 6.61 Å². The van der Waals surface area contributed by atoms with Gasteiger partial charge in [0.1, 0.15) is 5.75 Å². The van der Waals surface area contributed by atoms with Gasteiger partial charge in [-0.15, -0.1) is 0 Å². The fourth-order valence-electron chi connectivity index (χ4n) is 1.74. The summed E-state index contributed by atoms with van der Waals surface area (Å²) in [4.78, 5) is 0. The number of alkyl halides is 1. The average molecular weight is 326 g/mol. The topological polar surface area (TPSA) is 9.23 Å². The molecule has 0 aliphatic carbocycles. The summed E-state index contributed by atoms with van der Waals surface area (Å²) in [5.41, 5.74) is 2.35. The van der Waals surface area contributed by atoms with Crippen molar-refractivity contribution in [2.45, 2.75) is 11.8 Å². The first-order chi connectivity index (χ1) is 8.81. The van der Waals surface area contributed by atoms with Crippen LogP contribution in [-0.2, 0) is 11.8 Å². The van der Waals surface area contributed by atoms with Gasteiger partial charge in [-0.05, 0) is 11.6 Å². The van der Waals surface area contributed by atoms with Crippen LogP contribution in [0.25, 0.3) is 0 Å². The Labute approximate surface area is 121 Å². The van der Waals surface area contributed by atoms with Gasteiger partial charge >= 0.3 is 0 Å². The monoisotopic (exact) mass is 324 g/mol. The minimum absolute atomic E-state index is 0.633. The molecule has 0 amide bonds. The number of hydrogen-bond acceptors (Lipinski definition) is 1. The minimum atomic E-state index is 0.633. The van der Waals surface area contributed by atoms with Gasteiger partial charge in [0.2, 0.25) is 0 Å². The highest BCUT2D eigenvalue weighted by molar-refractivity contribution is 9.08. The highest BCUT2D eigenvalue weighted by atomic mass is 79.9. The molecular formula is C15H14BrClO. The predicted octanol–water partition coefficient (Wildman–Crippen LogP) is 4.86. The van der Waals surface area contributed by atoms with Gasteiger partial charge in [0.05, 0.1) is 11.6 Å². The van der Waals surface area contributed by atoms with Crippen molar-refractivity contribution in [1.82, 2.24) is 0 Å². The van der Waals surface area contributed by atoms with Gasteiger partial charge < -0.3 is 4.74 Å². The Balaban J connectivity index is 1.98. The van der Waals surface area contributed by atoms with E-state index >= 15 is 0 Å². The maximum absolute atomic E-state index is 6.14. The molecular weight excluding hydrogens is 312 g/mol. The van der Waals surface area contributed by atoms with E-state index in [9.17, 15) is 0 Å². The van der Waals surface area contributed by atoms with E-state index in [0.717, 1.165) is 23.1 Å². The summed E-state index contributed by atoms with van der Waals surface area (Å²) in [5.74, 6) is 0.784. The number of hydrogen-bond donors (Lipinski definition) is 0. The van der Waals surface area contributed by atoms with Crippen LogP contribution in [0.2, 0.25) is 5.02 Å². The van der Waals surface area contributed by atoms with Crippen LogP contribution in [0, 0.1) is 0 Å². The zero-order chi connectivity index (χ0) is 12.8. The van der Waals surface area contributed by atoms with Gasteiger partial charge in [0.25, 0.3) is 0 Å². The highest BCUT2D eigenvalue weighted by Gasteiger charge is 2.07. The fourth-order valence-corrected chi connectivity index (χ4v) is 2.43. The van der Waals surface area contributed by atoms with Crippen LogP contribution < -0.4 is 4.74 Å². The molecule has 0 radical (unpaired) electrons. The lowest BCUT2D eigenvalue weighted by molar-refractivity contribution is 0.320. The molecule has 0 fully saturated rings. The van der Waals surface area contributed by atoms with Gasteiger partial charge in [-0.2, -0.15) is 0 Å². The third kappa shape index (κ3) is 3.50. The van der Waals surface area contributed by atoms with Gasteiger partial charge in [-0.1, -0.05) is 70.0 Å². The first-order valence-corrected chi connectivity index (χ1v) is 7.31. The third-order valence-electron chi connectivity index (χ3n) is 2.67. The smallest absolute Gasteiger partial charge is 0.141 e. The van der Waals surface area contributed by atoms with Crippen LogP contribution in [0.5, 0.6) is 5.75 Å². The molecule has 0 atom stereocenters. The molecule has 0 spiro atoms. The van der Waals surface area contributed by atoms with E-state index in [1.807, 2.05) is 36.4 Å². The van der Waals surface area contributed by atoms with E-state index < -0.39 is 0 Å². The second-order valence-corrected chi connectivity index (χ2v) is 4.91. The van der Waals surface area contributed by atoms with Crippen molar-refractivity contribution < 1.29 is 4.74 Å². The minimum Gasteiger partial charge on any atom is -0.491 e. The van der Waals surface area contributed by atoms with Crippen molar-refractivity contribution in [3.63, 3.8) is 0 Å². The molecule has 0 N–H and O–H groups in total. The molecule has 2 aromatic rings. The van der Waals surface area contributed by atoms with Crippen molar-refractivity contribution in [3.05, 3.63) is 64.7 Å². The maximum Gasteiger partial charge on any atom is 0.141 e. The Morgan fingerprint density at radius 1 is 1.00 bits per heavy atom. The molecule has 0 saturated heterocycles. The van der Waals surface area contributed by atoms with E-state index in [-0.39, 0.29) is 0 Å². The molecule has 0 saturated carbocycles. The molecule has 0 unspecified atom stereocenters. The second-order valence-electron chi connectivity index (χ2n) is 3.95. The largest absolute Gasteiger partial charge is 0.491 e. The summed E-state index contributed by atoms with van der Waals surface area (Å²) >= 11 is 9.58. The Kier molecular flexibility index (Phi) is 5.09. The van der Waals surface area contributed by atoms with Crippen LogP contribution >= 0.6 is 27.5 Å². The first-order valence-electron chi connectivity index (χ1n) is 5.81. The fraction of sp³-hybridized carbons (Fsp3) is 0.200. The van der Waals surface area contributed by atoms with Gasteiger partial charge in [0, 0.05) is 17.3 Å². The lowest BCUT2D eigenvalue weighted by Crippen LogP contribution is -2.03. The lowest BCUT2D eigenvalue weighted by Gasteiger charge is -2.11. The molecule has 3 heteroatoms. The number of benzene rings is 2. The van der Waals surface area contributed by atoms with Crippen LogP contribution in [0.1, 0.15) is 11.1 Å². The van der Waals surface area contributed by atoms with E-state index in [1.54, 1.807) is 0 Å². The molecule has 0 aliphatic rings. The Morgan fingerprint density at radius 3 is 2.50 bits per heavy atom. The van der Waals surface area contributed by atoms with Crippen molar-refractivity contribution >= 4 is 27.5 Å². The molecule has 2 aromatic carbocycles. The van der Waals surface area contributed by atoms with E-state index in [4.69, 9.17) is 16.3 Å². The molecule has 2 rings (SSSR count). The molecule has 18 heavy (non-hydrogen) atoms. The van der Waals surface area contributed by atoms with Crippen LogP contribution in [0.15, 0.2) is 48.5 Å². The normalized spacial score (nSPS) is 10.3. The number of para-hydroxylation sites is 1. The second kappa shape index (κ2) is 6.81. The summed E-state index contributed by atoms with van der Waals surface area (Å²) in [5, 5.41) is 1.41. The van der Waals surface area contributed by atoms with Crippen LogP contribution in [-0.4, -0.2) is 6.61 Å². The Hall–Kier alpha value is -0.990. The number of ether oxygens (including phenoxy) is 1. The Bertz CT molecular complexity index is 499. The summed E-state index contributed by atoms with van der Waals surface area (Å²) in [6.07, 6.45) is 0.883. The van der Waals surface area contributed by atoms with E-state index in [2.05, 4.69) is 28.1 Å². The average Bonchev–Trinajstić information content (AvgIpc) is 2.41. The van der Waals surface area contributed by atoms with Crippen LogP contribution in [0.3, 0.4) is 0 Å². The van der Waals surface area contributed by atoms with Gasteiger partial charge in [-0.25, -0.2) is 0 Å². The molecule has 94 valence electrons. The third-order valence-corrected chi connectivity index (χ3v) is 3.57. The lowest BCUT2D eigenvalue weighted by atomic mass is 10.2. The molecule has 0 aliphatic heterocycles. The molecule has 0 bridgehead atoms. The summed E-state index contributed by atoms with van der Waals surface area (Å²) in [7, 11) is 0. The van der Waals surface area contributed by atoms with Crippen LogP contribution in [0.4, 0.5) is 0 Å². The predicted molar refractivity (Wildman–Crippen MR) is 79.7 cm³/mol. The van der Waals surface area contributed by atoms with E-state index in [1.165, 1.54) is 5.56 Å². The van der Waals surface area contributed by atoms with Crippen molar-refractivity contribution in [3.8, 4) is 5.75 Å². The molecule has 1 nitrogen and oxygen atoms in total. The summed E-state index contributed by atoms with van der Waals surface area (Å²) in [6, 6.07) is 16.1. The summed E-state index contributed by atoms with van der Waals surface area (Å²) < 4.78 is 5.80. The quantitative estimate of drug-likeness (QED) is 0.714. The Morgan fingerprint density at radius 2 is 1.78 bits per heavy atom. The van der Waals surface area contributed by atoms with Gasteiger partial charge in [-0.3, -0.25) is 0 Å². The number of rotatable bonds is 5. The SMILES string of the molecule is Clc1cccc(CBr)c1OCCc1ccccc1. The maximum atomic E-state index is 6.14.